The molecule has 2 aromatic carbocycles. The third kappa shape index (κ3) is 7.74. The van der Waals surface area contributed by atoms with Crippen molar-refractivity contribution in [3.63, 3.8) is 0 Å². The fourth-order valence-corrected chi connectivity index (χ4v) is 3.30. The Morgan fingerprint density at radius 1 is 1.22 bits per heavy atom. The number of amides is 1. The summed E-state index contributed by atoms with van der Waals surface area (Å²) in [6.07, 6.45) is 1.74. The van der Waals surface area contributed by atoms with Gasteiger partial charge in [0, 0.05) is 37.4 Å². The maximum Gasteiger partial charge on any atom is 0.239 e. The molecule has 1 heterocycles. The molecule has 1 saturated heterocycles. The lowest BCUT2D eigenvalue weighted by Crippen LogP contribution is -2.47. The highest BCUT2D eigenvalue weighted by Crippen LogP contribution is 2.18. The number of carbonyl (C=O) groups is 1. The zero-order valence-corrected chi connectivity index (χ0v) is 20.8. The average molecular weight is 549 g/mol. The summed E-state index contributed by atoms with van der Waals surface area (Å²) in [4.78, 5) is 18.4. The summed E-state index contributed by atoms with van der Waals surface area (Å²) in [5, 5.41) is 9.51. The summed E-state index contributed by atoms with van der Waals surface area (Å²) in [6.45, 7) is 10.1. The minimum Gasteiger partial charge on any atom is -0.489 e. The average Bonchev–Trinajstić information content (AvgIpc) is 2.80. The largest absolute Gasteiger partial charge is 0.489 e. The summed E-state index contributed by atoms with van der Waals surface area (Å²) in [5.41, 5.74) is 3.23. The number of piperazine rings is 1. The van der Waals surface area contributed by atoms with Gasteiger partial charge >= 0.3 is 0 Å². The zero-order valence-electron chi connectivity index (χ0n) is 18.5. The number of ether oxygens (including phenoxy) is 1. The normalized spacial score (nSPS) is 13.6. The van der Waals surface area contributed by atoms with Crippen LogP contribution in [0.25, 0.3) is 0 Å². The van der Waals surface area contributed by atoms with Gasteiger partial charge in [0.15, 0.2) is 5.96 Å². The van der Waals surface area contributed by atoms with Crippen LogP contribution in [0.1, 0.15) is 18.1 Å². The number of halogens is 1. The van der Waals surface area contributed by atoms with Gasteiger partial charge in [0.2, 0.25) is 5.91 Å². The Labute approximate surface area is 207 Å². The van der Waals surface area contributed by atoms with Gasteiger partial charge in [-0.15, -0.1) is 24.0 Å². The number of hydrogen-bond donors (Lipinski definition) is 3. The Balaban J connectivity index is 0.00000363. The number of para-hydroxylation sites is 1. The van der Waals surface area contributed by atoms with Crippen molar-refractivity contribution in [1.29, 1.82) is 0 Å². The summed E-state index contributed by atoms with van der Waals surface area (Å²) in [6, 6.07) is 16.2. The van der Waals surface area contributed by atoms with Crippen molar-refractivity contribution in [2.45, 2.75) is 20.0 Å². The SMILES string of the molecule is C=CCOc1ccccc1CNC(=NCc1ccc(N2CCNC(=O)C2)cc1)NCC.I. The molecule has 1 aliphatic rings. The van der Waals surface area contributed by atoms with Gasteiger partial charge in [-0.2, -0.15) is 0 Å². The lowest BCUT2D eigenvalue weighted by Gasteiger charge is -2.28. The number of guanidine groups is 1. The standard InChI is InChI=1S/C24H31N5O2.HI/c1-3-15-31-22-8-6-5-7-20(22)17-28-24(25-4-2)27-16-19-9-11-21(12-10-19)29-14-13-26-23(30)18-29;/h3,5-12H,1,4,13-18H2,2H3,(H,26,30)(H2,25,27,28);1H. The Hall–Kier alpha value is -2.75. The molecule has 3 rings (SSSR count). The smallest absolute Gasteiger partial charge is 0.239 e. The summed E-state index contributed by atoms with van der Waals surface area (Å²) in [7, 11) is 0. The number of anilines is 1. The molecule has 8 heteroatoms. The Bertz CT molecular complexity index is 902. The molecule has 0 saturated carbocycles. The fraction of sp³-hybridized carbons (Fsp3) is 0.333. The minimum absolute atomic E-state index is 0. The molecule has 32 heavy (non-hydrogen) atoms. The molecule has 3 N–H and O–H groups in total. The van der Waals surface area contributed by atoms with Crippen molar-refractivity contribution >= 4 is 41.5 Å². The molecule has 1 amide bonds. The molecule has 0 aromatic heterocycles. The molecule has 172 valence electrons. The number of benzene rings is 2. The first-order valence-electron chi connectivity index (χ1n) is 10.6. The zero-order chi connectivity index (χ0) is 21.9. The lowest BCUT2D eigenvalue weighted by molar-refractivity contribution is -0.120. The third-order valence-electron chi connectivity index (χ3n) is 4.88. The topological polar surface area (TPSA) is 78.0 Å². The van der Waals surface area contributed by atoms with Crippen LogP contribution in [0.2, 0.25) is 0 Å². The van der Waals surface area contributed by atoms with Crippen molar-refractivity contribution < 1.29 is 9.53 Å². The number of rotatable bonds is 9. The van der Waals surface area contributed by atoms with Crippen LogP contribution >= 0.6 is 24.0 Å². The van der Waals surface area contributed by atoms with Crippen molar-refractivity contribution in [1.82, 2.24) is 16.0 Å². The van der Waals surface area contributed by atoms with Crippen LogP contribution in [0, 0.1) is 0 Å². The van der Waals surface area contributed by atoms with E-state index in [0.29, 0.717) is 32.8 Å². The summed E-state index contributed by atoms with van der Waals surface area (Å²) < 4.78 is 5.73. The van der Waals surface area contributed by atoms with Crippen LogP contribution < -0.4 is 25.6 Å². The van der Waals surface area contributed by atoms with Crippen LogP contribution in [0.15, 0.2) is 66.2 Å². The van der Waals surface area contributed by atoms with E-state index in [1.165, 1.54) is 0 Å². The fourth-order valence-electron chi connectivity index (χ4n) is 3.30. The quantitative estimate of drug-likeness (QED) is 0.194. The number of aliphatic imine (C=N–C) groups is 1. The van der Waals surface area contributed by atoms with Crippen molar-refractivity contribution in [2.75, 3.05) is 37.7 Å². The molecule has 7 nitrogen and oxygen atoms in total. The van der Waals surface area contributed by atoms with E-state index in [0.717, 1.165) is 41.6 Å². The maximum atomic E-state index is 11.6. The van der Waals surface area contributed by atoms with Crippen molar-refractivity contribution in [2.24, 2.45) is 4.99 Å². The highest BCUT2D eigenvalue weighted by atomic mass is 127. The van der Waals surface area contributed by atoms with E-state index in [1.807, 2.05) is 31.2 Å². The molecule has 0 atom stereocenters. The molecule has 1 fully saturated rings. The molecule has 1 aliphatic heterocycles. The van der Waals surface area contributed by atoms with Gasteiger partial charge in [0.1, 0.15) is 12.4 Å². The number of hydrogen-bond acceptors (Lipinski definition) is 4. The van der Waals surface area contributed by atoms with Gasteiger partial charge in [0.05, 0.1) is 13.1 Å². The maximum absolute atomic E-state index is 11.6. The molecule has 2 aromatic rings. The van der Waals surface area contributed by atoms with Crippen molar-refractivity contribution in [3.8, 4) is 5.75 Å². The Morgan fingerprint density at radius 3 is 2.72 bits per heavy atom. The molecular formula is C24H32IN5O2. The molecule has 0 bridgehead atoms. The van der Waals surface area contributed by atoms with Crippen molar-refractivity contribution in [3.05, 3.63) is 72.3 Å². The van der Waals surface area contributed by atoms with E-state index < -0.39 is 0 Å². The van der Waals surface area contributed by atoms with Gasteiger partial charge in [-0.25, -0.2) is 4.99 Å². The van der Waals surface area contributed by atoms with Crippen LogP contribution in [0.3, 0.4) is 0 Å². The Kier molecular flexibility index (Phi) is 10.9. The molecule has 0 aliphatic carbocycles. The lowest BCUT2D eigenvalue weighted by atomic mass is 10.2. The van der Waals surface area contributed by atoms with E-state index in [-0.39, 0.29) is 29.9 Å². The predicted octanol–water partition coefficient (Wildman–Crippen LogP) is 3.06. The van der Waals surface area contributed by atoms with E-state index in [4.69, 9.17) is 9.73 Å². The summed E-state index contributed by atoms with van der Waals surface area (Å²) >= 11 is 0. The van der Waals surface area contributed by atoms with E-state index in [2.05, 4.69) is 51.7 Å². The third-order valence-corrected chi connectivity index (χ3v) is 4.88. The minimum atomic E-state index is 0. The number of nitrogens with one attached hydrogen (secondary N) is 3. The van der Waals surface area contributed by atoms with E-state index in [1.54, 1.807) is 6.08 Å². The Morgan fingerprint density at radius 2 is 2.00 bits per heavy atom. The second-order valence-corrected chi connectivity index (χ2v) is 7.19. The first kappa shape index (κ1) is 25.5. The van der Waals surface area contributed by atoms with Crippen LogP contribution in [0.5, 0.6) is 5.75 Å². The second-order valence-electron chi connectivity index (χ2n) is 7.19. The van der Waals surface area contributed by atoms with Crippen LogP contribution in [-0.2, 0) is 17.9 Å². The first-order chi connectivity index (χ1) is 15.2. The van der Waals surface area contributed by atoms with Gasteiger partial charge in [0.25, 0.3) is 0 Å². The van der Waals surface area contributed by atoms with E-state index >= 15 is 0 Å². The number of carbonyl (C=O) groups excluding carboxylic acids is 1. The highest BCUT2D eigenvalue weighted by molar-refractivity contribution is 14.0. The van der Waals surface area contributed by atoms with Gasteiger partial charge in [-0.05, 0) is 30.7 Å². The first-order valence-corrected chi connectivity index (χ1v) is 10.6. The van der Waals surface area contributed by atoms with Crippen LogP contribution in [0.4, 0.5) is 5.69 Å². The molecule has 0 radical (unpaired) electrons. The predicted molar refractivity (Wildman–Crippen MR) is 141 cm³/mol. The monoisotopic (exact) mass is 549 g/mol. The van der Waals surface area contributed by atoms with Gasteiger partial charge < -0.3 is 25.6 Å². The highest BCUT2D eigenvalue weighted by Gasteiger charge is 2.16. The second kappa shape index (κ2) is 13.6. The number of nitrogens with zero attached hydrogens (tertiary/aromatic N) is 2. The molecular weight excluding hydrogens is 517 g/mol. The van der Waals surface area contributed by atoms with Crippen LogP contribution in [-0.4, -0.2) is 44.7 Å². The molecule has 0 unspecified atom stereocenters. The van der Waals surface area contributed by atoms with Gasteiger partial charge in [-0.1, -0.05) is 43.0 Å². The summed E-state index contributed by atoms with van der Waals surface area (Å²) in [5.74, 6) is 1.66. The van der Waals surface area contributed by atoms with Gasteiger partial charge in [-0.3, -0.25) is 4.79 Å². The molecule has 0 spiro atoms. The van der Waals surface area contributed by atoms with E-state index in [9.17, 15) is 4.79 Å².